The molecule has 6 aromatic rings. The van der Waals surface area contributed by atoms with Crippen LogP contribution in [-0.4, -0.2) is 438 Å². The SMILES string of the molecule is C.CC(C)(C)OC(=O)CCOCCOCCOCCOCCOCCOCCOCCOCCOCCOCC=O.CCCCc1nc2c(N)nc3ccc(N4CCN(CCOCCOCCOCCOCCOCCOCCOCCOCCOCCOCCC(=O)OC(C)(C)C)CC4)cc3c2n1CCCCN(C)C.CCCCc1nc2c(N)nc3ccc(N4CCNCC4)cc3c2n1CCCCN(C)C. The maximum Gasteiger partial charge on any atom is 0.308 e. The van der Waals surface area contributed by atoms with Crippen LogP contribution in [0, 0.1) is 0 Å². The third-order valence-corrected chi connectivity index (χ3v) is 21.9. The second kappa shape index (κ2) is 79.2. The van der Waals surface area contributed by atoms with Crippen molar-refractivity contribution >= 4 is 85.1 Å². The average Bonchev–Trinajstić information content (AvgIpc) is 1.59. The van der Waals surface area contributed by atoms with Gasteiger partial charge in [0.15, 0.2) is 11.6 Å². The molecule has 0 saturated carbocycles. The molecule has 0 unspecified atom stereocenters. The van der Waals surface area contributed by atoms with Gasteiger partial charge in [0.25, 0.3) is 0 Å². The molecular formula is C103H182N14O25. The summed E-state index contributed by atoms with van der Waals surface area (Å²) in [5.74, 6) is 2.80. The zero-order chi connectivity index (χ0) is 101. The summed E-state index contributed by atoms with van der Waals surface area (Å²) in [4.78, 5) is 64.7. The molecule has 5 N–H and O–H groups in total. The van der Waals surface area contributed by atoms with Crippen LogP contribution in [0.2, 0.25) is 0 Å². The molecule has 39 heteroatoms. The van der Waals surface area contributed by atoms with Crippen LogP contribution in [0.5, 0.6) is 0 Å². The Morgan fingerprint density at radius 1 is 0.366 bits per heavy atom. The number of aromatic nitrogens is 6. The van der Waals surface area contributed by atoms with Gasteiger partial charge < -0.3 is 155 Å². The van der Waals surface area contributed by atoms with Gasteiger partial charge in [0.1, 0.15) is 46.8 Å². The number of imidazole rings is 2. The highest BCUT2D eigenvalue weighted by molar-refractivity contribution is 6.09. The fraction of sp³-hybridized carbons (Fsp3) is 0.777. The van der Waals surface area contributed by atoms with Crippen LogP contribution < -0.4 is 26.6 Å². The number of esters is 2. The summed E-state index contributed by atoms with van der Waals surface area (Å²) in [6, 6.07) is 13.2. The van der Waals surface area contributed by atoms with Crippen molar-refractivity contribution in [3.63, 3.8) is 0 Å². The van der Waals surface area contributed by atoms with Crippen molar-refractivity contribution < 1.29 is 119 Å². The van der Waals surface area contributed by atoms with E-state index in [1.54, 1.807) is 0 Å². The molecule has 4 aromatic heterocycles. The van der Waals surface area contributed by atoms with Gasteiger partial charge in [-0.05, 0) is 158 Å². The summed E-state index contributed by atoms with van der Waals surface area (Å²) in [5.41, 5.74) is 20.3. The smallest absolute Gasteiger partial charge is 0.308 e. The van der Waals surface area contributed by atoms with Gasteiger partial charge in [-0.3, -0.25) is 14.5 Å². The number of fused-ring (bicyclic) bond motifs is 6. The molecule has 2 aliphatic heterocycles. The van der Waals surface area contributed by atoms with Crippen molar-refractivity contribution in [2.45, 2.75) is 164 Å². The second-order valence-corrected chi connectivity index (χ2v) is 36.5. The predicted octanol–water partition coefficient (Wildman–Crippen LogP) is 9.85. The Kier molecular flexibility index (Phi) is 70.0. The van der Waals surface area contributed by atoms with Gasteiger partial charge in [-0.1, -0.05) is 34.1 Å². The number of hydrogen-bond donors (Lipinski definition) is 3. The average molecular weight is 2020 g/mol. The fourth-order valence-corrected chi connectivity index (χ4v) is 14.8. The highest BCUT2D eigenvalue weighted by atomic mass is 16.6. The molecule has 2 fully saturated rings. The molecule has 0 radical (unpaired) electrons. The number of nitrogens with one attached hydrogen (secondary N) is 1. The first kappa shape index (κ1) is 126. The molecule has 814 valence electrons. The van der Waals surface area contributed by atoms with Crippen molar-refractivity contribution in [3.8, 4) is 0 Å². The number of anilines is 4. The molecule has 142 heavy (non-hydrogen) atoms. The highest BCUT2D eigenvalue weighted by Crippen LogP contribution is 2.35. The monoisotopic (exact) mass is 2020 g/mol. The maximum absolute atomic E-state index is 11.6. The Balaban J connectivity index is 0.000000414. The van der Waals surface area contributed by atoms with E-state index >= 15 is 0 Å². The Bertz CT molecular complexity index is 4170. The van der Waals surface area contributed by atoms with E-state index in [4.69, 9.17) is 136 Å². The van der Waals surface area contributed by atoms with Crippen LogP contribution >= 0.6 is 0 Å². The third-order valence-electron chi connectivity index (χ3n) is 21.9. The topological polar surface area (TPSA) is 396 Å². The number of piperazine rings is 2. The number of benzene rings is 2. The standard InChI is InChI=1S/C51H89N7O12.C27H52O13.C24H37N7.CH4/c1-7-8-11-46-54-48-49(58(46)16-10-9-15-55(5)6)44-42-43(12-13-45(44)53-50(48)52)57-19-17-56(18-20-57)21-23-61-25-27-63-29-31-65-33-35-67-37-39-69-41-40-68-38-36-66-34-32-64-30-28-62-26-24-60-22-14-47(59)70-51(2,3)4;1-27(2,3)40-26(29)4-6-30-8-10-32-12-14-34-16-18-36-20-22-38-24-25-39-23-21-37-19-17-35-15-13-33-11-9-31-7-5-28;1-4-5-8-21-28-22-23(31(21)14-7-6-13-29(2)3)19-17-18(30-15-11-26-12-16-30)9-10-20(19)27-24(22)25;/h12-13,42H,7-11,14-41H2,1-6H3,(H2,52,53);5H,4,6-25H2,1-3H3;9-10,17,26H,4-8,11-16H2,1-3H3,(H2,25,27);1H4. The summed E-state index contributed by atoms with van der Waals surface area (Å²) in [6.07, 6.45) is 12.1. The van der Waals surface area contributed by atoms with Gasteiger partial charge in [-0.25, -0.2) is 19.9 Å². The number of carbonyl (C=O) groups excluding carboxylic acids is 3. The zero-order valence-corrected chi connectivity index (χ0v) is 87.8. The number of nitrogens with two attached hydrogens (primary N) is 2. The lowest BCUT2D eigenvalue weighted by Gasteiger charge is -2.36. The van der Waals surface area contributed by atoms with Gasteiger partial charge in [0.2, 0.25) is 0 Å². The molecule has 0 amide bonds. The van der Waals surface area contributed by atoms with E-state index in [-0.39, 0.29) is 38.8 Å². The lowest BCUT2D eigenvalue weighted by Crippen LogP contribution is -2.47. The molecule has 0 spiro atoms. The lowest BCUT2D eigenvalue weighted by atomic mass is 10.1. The molecule has 8 rings (SSSR count). The minimum Gasteiger partial charge on any atom is -0.460 e. The normalized spacial score (nSPS) is 13.3. The van der Waals surface area contributed by atoms with Crippen molar-refractivity contribution in [2.24, 2.45) is 0 Å². The van der Waals surface area contributed by atoms with E-state index < -0.39 is 11.2 Å². The van der Waals surface area contributed by atoms with Crippen LogP contribution in [0.3, 0.4) is 0 Å². The number of nitrogen functional groups attached to an aromatic ring is 2. The minimum atomic E-state index is -0.479. The van der Waals surface area contributed by atoms with Crippen LogP contribution in [0.15, 0.2) is 36.4 Å². The summed E-state index contributed by atoms with van der Waals surface area (Å²) >= 11 is 0. The number of carbonyl (C=O) groups is 3. The molecule has 0 atom stereocenters. The maximum atomic E-state index is 11.6. The first-order chi connectivity index (χ1) is 68.6. The minimum absolute atomic E-state index is 0. The number of unbranched alkanes of at least 4 members (excludes halogenated alkanes) is 4. The summed E-state index contributed by atoms with van der Waals surface area (Å²) < 4.78 is 125. The first-order valence-electron chi connectivity index (χ1n) is 51.4. The number of hydrogen-bond acceptors (Lipinski definition) is 37. The van der Waals surface area contributed by atoms with Crippen molar-refractivity contribution in [2.75, 3.05) is 386 Å². The molecule has 39 nitrogen and oxygen atoms in total. The number of pyridine rings is 2. The molecule has 6 heterocycles. The zero-order valence-electron chi connectivity index (χ0n) is 87.8. The van der Waals surface area contributed by atoms with E-state index in [1.807, 2.05) is 41.5 Å². The van der Waals surface area contributed by atoms with Gasteiger partial charge >= 0.3 is 11.9 Å². The highest BCUT2D eigenvalue weighted by Gasteiger charge is 2.25. The van der Waals surface area contributed by atoms with E-state index in [9.17, 15) is 14.4 Å². The van der Waals surface area contributed by atoms with Gasteiger partial charge in [0, 0.05) is 107 Å². The summed E-state index contributed by atoms with van der Waals surface area (Å²) in [5, 5.41) is 5.74. The Morgan fingerprint density at radius 2 is 0.648 bits per heavy atom. The second-order valence-electron chi connectivity index (χ2n) is 36.5. The number of aldehydes is 1. The number of ether oxygens (including phenoxy) is 22. The van der Waals surface area contributed by atoms with E-state index in [0.29, 0.717) is 276 Å². The molecular weight excluding hydrogens is 1830 g/mol. The van der Waals surface area contributed by atoms with Crippen molar-refractivity contribution in [3.05, 3.63) is 48.0 Å². The van der Waals surface area contributed by atoms with Gasteiger partial charge in [-0.2, -0.15) is 0 Å². The molecule has 2 aromatic carbocycles. The molecule has 0 bridgehead atoms. The van der Waals surface area contributed by atoms with Gasteiger partial charge in [0.05, 0.1) is 293 Å². The van der Waals surface area contributed by atoms with Crippen molar-refractivity contribution in [1.82, 2.24) is 49.1 Å². The predicted molar refractivity (Wildman–Crippen MR) is 556 cm³/mol. The molecule has 2 saturated heterocycles. The Morgan fingerprint density at radius 3 is 0.930 bits per heavy atom. The van der Waals surface area contributed by atoms with Gasteiger partial charge in [-0.15, -0.1) is 0 Å². The molecule has 0 aliphatic carbocycles. The summed E-state index contributed by atoms with van der Waals surface area (Å²) in [6.45, 7) is 47.2. The van der Waals surface area contributed by atoms with E-state index in [1.165, 1.54) is 23.2 Å². The third kappa shape index (κ3) is 57.4. The number of aryl methyl sites for hydroxylation is 4. The van der Waals surface area contributed by atoms with Crippen LogP contribution in [-0.2, 0) is 145 Å². The Hall–Kier alpha value is -6.95. The van der Waals surface area contributed by atoms with E-state index in [2.05, 4.69) is 117 Å². The largest absolute Gasteiger partial charge is 0.460 e. The van der Waals surface area contributed by atoms with Crippen LogP contribution in [0.25, 0.3) is 43.9 Å². The number of nitrogens with zero attached hydrogens (tertiary/aromatic N) is 11. The fourth-order valence-electron chi connectivity index (χ4n) is 14.8. The summed E-state index contributed by atoms with van der Waals surface area (Å²) in [7, 11) is 8.53. The lowest BCUT2D eigenvalue weighted by molar-refractivity contribution is -0.157. The van der Waals surface area contributed by atoms with E-state index in [0.717, 1.165) is 193 Å². The number of rotatable bonds is 83. The Labute approximate surface area is 846 Å². The molecule has 2 aliphatic rings. The first-order valence-corrected chi connectivity index (χ1v) is 51.4. The van der Waals surface area contributed by atoms with Crippen LogP contribution in [0.1, 0.15) is 139 Å². The van der Waals surface area contributed by atoms with Crippen molar-refractivity contribution in [1.29, 1.82) is 0 Å². The van der Waals surface area contributed by atoms with Crippen LogP contribution in [0.4, 0.5) is 23.0 Å². The quantitative estimate of drug-likeness (QED) is 0.0181.